The number of aryl methyl sites for hydroxylation is 1. The predicted molar refractivity (Wildman–Crippen MR) is 66.3 cm³/mol. The van der Waals surface area contributed by atoms with Crippen LogP contribution >= 0.6 is 0 Å². The lowest BCUT2D eigenvalue weighted by molar-refractivity contribution is 1.32. The van der Waals surface area contributed by atoms with Crippen molar-refractivity contribution in [3.63, 3.8) is 0 Å². The number of fused-ring (bicyclic) bond motifs is 1. The Hall–Kier alpha value is -2.09. The van der Waals surface area contributed by atoms with Gasteiger partial charge in [0.05, 0.1) is 0 Å². The van der Waals surface area contributed by atoms with E-state index < -0.39 is 0 Å². The van der Waals surface area contributed by atoms with Crippen molar-refractivity contribution in [1.82, 2.24) is 9.97 Å². The van der Waals surface area contributed by atoms with Gasteiger partial charge in [0.1, 0.15) is 5.65 Å². The first-order valence-corrected chi connectivity index (χ1v) is 5.34. The van der Waals surface area contributed by atoms with Gasteiger partial charge in [0, 0.05) is 23.3 Å². The van der Waals surface area contributed by atoms with Crippen molar-refractivity contribution >= 4 is 11.0 Å². The summed E-state index contributed by atoms with van der Waals surface area (Å²) < 4.78 is 0. The Morgan fingerprint density at radius 2 is 1.88 bits per heavy atom. The van der Waals surface area contributed by atoms with Gasteiger partial charge in [-0.25, -0.2) is 4.98 Å². The summed E-state index contributed by atoms with van der Waals surface area (Å²) in [6, 6.07) is 12.5. The van der Waals surface area contributed by atoms with Crippen LogP contribution in [0.5, 0.6) is 0 Å². The molecule has 2 aromatic heterocycles. The van der Waals surface area contributed by atoms with Crippen LogP contribution in [0, 0.1) is 6.92 Å². The van der Waals surface area contributed by atoms with Crippen LogP contribution in [0.1, 0.15) is 5.56 Å². The minimum atomic E-state index is 0.956. The van der Waals surface area contributed by atoms with E-state index in [4.69, 9.17) is 0 Å². The van der Waals surface area contributed by atoms with Crippen LogP contribution < -0.4 is 0 Å². The normalized spacial score (nSPS) is 10.8. The third kappa shape index (κ3) is 1.39. The summed E-state index contributed by atoms with van der Waals surface area (Å²) in [5.74, 6) is 0. The van der Waals surface area contributed by atoms with Crippen molar-refractivity contribution in [2.24, 2.45) is 0 Å². The number of benzene rings is 1. The SMILES string of the molecule is Cc1c[nH]c2ncc(-c3ccccc3)cc12. The van der Waals surface area contributed by atoms with Crippen molar-refractivity contribution in [2.75, 3.05) is 0 Å². The Balaban J connectivity index is 2.22. The van der Waals surface area contributed by atoms with Crippen LogP contribution in [0.4, 0.5) is 0 Å². The van der Waals surface area contributed by atoms with Crippen molar-refractivity contribution < 1.29 is 0 Å². The van der Waals surface area contributed by atoms with Gasteiger partial charge in [0.15, 0.2) is 0 Å². The van der Waals surface area contributed by atoms with E-state index in [1.54, 1.807) is 0 Å². The lowest BCUT2D eigenvalue weighted by Gasteiger charge is -2.01. The third-order valence-corrected chi connectivity index (χ3v) is 2.85. The number of hydrogen-bond donors (Lipinski definition) is 1. The molecule has 0 saturated heterocycles. The van der Waals surface area contributed by atoms with Crippen molar-refractivity contribution in [1.29, 1.82) is 0 Å². The lowest BCUT2D eigenvalue weighted by Crippen LogP contribution is -1.81. The molecule has 16 heavy (non-hydrogen) atoms. The minimum absolute atomic E-state index is 0.956. The molecule has 0 spiro atoms. The van der Waals surface area contributed by atoms with Crippen molar-refractivity contribution in [2.45, 2.75) is 6.92 Å². The Morgan fingerprint density at radius 3 is 2.69 bits per heavy atom. The number of pyridine rings is 1. The van der Waals surface area contributed by atoms with E-state index in [2.05, 4.69) is 35.1 Å². The highest BCUT2D eigenvalue weighted by Crippen LogP contribution is 2.23. The molecule has 1 aromatic carbocycles. The third-order valence-electron chi connectivity index (χ3n) is 2.85. The number of nitrogens with one attached hydrogen (secondary N) is 1. The van der Waals surface area contributed by atoms with E-state index in [-0.39, 0.29) is 0 Å². The molecular formula is C14H12N2. The molecule has 2 heterocycles. The molecule has 1 N–H and O–H groups in total. The van der Waals surface area contributed by atoms with E-state index in [0.29, 0.717) is 0 Å². The standard InChI is InChI=1S/C14H12N2/c1-10-8-15-14-13(10)7-12(9-16-14)11-5-3-2-4-6-11/h2-9H,1H3,(H,15,16). The van der Waals surface area contributed by atoms with E-state index in [0.717, 1.165) is 11.2 Å². The van der Waals surface area contributed by atoms with Crippen LogP contribution in [0.15, 0.2) is 48.8 Å². The number of nitrogens with zero attached hydrogens (tertiary/aromatic N) is 1. The molecular weight excluding hydrogens is 196 g/mol. The summed E-state index contributed by atoms with van der Waals surface area (Å²) in [5.41, 5.74) is 4.56. The first kappa shape index (κ1) is 9.16. The number of aromatic nitrogens is 2. The Bertz CT molecular complexity index is 624. The minimum Gasteiger partial charge on any atom is -0.346 e. The maximum atomic E-state index is 4.42. The van der Waals surface area contributed by atoms with E-state index >= 15 is 0 Å². The van der Waals surface area contributed by atoms with Gasteiger partial charge in [-0.15, -0.1) is 0 Å². The second-order valence-corrected chi connectivity index (χ2v) is 3.96. The highest BCUT2D eigenvalue weighted by Gasteiger charge is 2.03. The van der Waals surface area contributed by atoms with Gasteiger partial charge in [-0.3, -0.25) is 0 Å². The molecule has 0 aliphatic heterocycles. The second kappa shape index (κ2) is 3.49. The zero-order chi connectivity index (χ0) is 11.0. The predicted octanol–water partition coefficient (Wildman–Crippen LogP) is 3.54. The van der Waals surface area contributed by atoms with Gasteiger partial charge in [-0.05, 0) is 24.1 Å². The van der Waals surface area contributed by atoms with Gasteiger partial charge in [0.2, 0.25) is 0 Å². The molecule has 0 amide bonds. The fraction of sp³-hybridized carbons (Fsp3) is 0.0714. The maximum Gasteiger partial charge on any atom is 0.137 e. The van der Waals surface area contributed by atoms with Gasteiger partial charge < -0.3 is 4.98 Å². The summed E-state index contributed by atoms with van der Waals surface area (Å²) in [7, 11) is 0. The molecule has 0 aliphatic carbocycles. The van der Waals surface area contributed by atoms with Gasteiger partial charge in [-0.1, -0.05) is 30.3 Å². The van der Waals surface area contributed by atoms with Crippen LogP contribution in [0.25, 0.3) is 22.2 Å². The van der Waals surface area contributed by atoms with E-state index in [1.807, 2.05) is 30.6 Å². The van der Waals surface area contributed by atoms with Gasteiger partial charge >= 0.3 is 0 Å². The lowest BCUT2D eigenvalue weighted by atomic mass is 10.1. The second-order valence-electron chi connectivity index (χ2n) is 3.96. The maximum absolute atomic E-state index is 4.42. The summed E-state index contributed by atoms with van der Waals surface area (Å²) in [4.78, 5) is 7.58. The zero-order valence-electron chi connectivity index (χ0n) is 9.07. The first-order chi connectivity index (χ1) is 7.84. The van der Waals surface area contributed by atoms with Crippen LogP contribution in [-0.4, -0.2) is 9.97 Å². The Kier molecular flexibility index (Phi) is 2.00. The fourth-order valence-corrected chi connectivity index (χ4v) is 1.92. The molecule has 0 aliphatic rings. The molecule has 3 rings (SSSR count). The topological polar surface area (TPSA) is 28.7 Å². The fourth-order valence-electron chi connectivity index (χ4n) is 1.92. The summed E-state index contributed by atoms with van der Waals surface area (Å²) in [6.45, 7) is 2.09. The van der Waals surface area contributed by atoms with Crippen LogP contribution in [0.3, 0.4) is 0 Å². The molecule has 78 valence electrons. The molecule has 0 bridgehead atoms. The van der Waals surface area contributed by atoms with Gasteiger partial charge in [0.25, 0.3) is 0 Å². The molecule has 3 aromatic rings. The number of hydrogen-bond acceptors (Lipinski definition) is 1. The highest BCUT2D eigenvalue weighted by molar-refractivity contribution is 5.84. The van der Waals surface area contributed by atoms with E-state index in [9.17, 15) is 0 Å². The summed E-state index contributed by atoms with van der Waals surface area (Å²) in [6.07, 6.45) is 3.90. The average Bonchev–Trinajstić information content (AvgIpc) is 2.72. The average molecular weight is 208 g/mol. The molecule has 0 atom stereocenters. The monoisotopic (exact) mass is 208 g/mol. The molecule has 0 saturated carbocycles. The molecule has 0 unspecified atom stereocenters. The molecule has 2 nitrogen and oxygen atoms in total. The largest absolute Gasteiger partial charge is 0.346 e. The summed E-state index contributed by atoms with van der Waals surface area (Å²) in [5, 5.41) is 1.20. The smallest absolute Gasteiger partial charge is 0.137 e. The Morgan fingerprint density at radius 1 is 1.06 bits per heavy atom. The number of rotatable bonds is 1. The van der Waals surface area contributed by atoms with Crippen molar-refractivity contribution in [3.05, 3.63) is 54.4 Å². The van der Waals surface area contributed by atoms with Crippen LogP contribution in [0.2, 0.25) is 0 Å². The molecule has 2 heteroatoms. The molecule has 0 fully saturated rings. The quantitative estimate of drug-likeness (QED) is 0.651. The first-order valence-electron chi connectivity index (χ1n) is 5.34. The zero-order valence-corrected chi connectivity index (χ0v) is 9.07. The van der Waals surface area contributed by atoms with Gasteiger partial charge in [-0.2, -0.15) is 0 Å². The summed E-state index contributed by atoms with van der Waals surface area (Å²) >= 11 is 0. The van der Waals surface area contributed by atoms with E-state index in [1.165, 1.54) is 16.5 Å². The highest BCUT2D eigenvalue weighted by atomic mass is 14.8. The van der Waals surface area contributed by atoms with Crippen LogP contribution in [-0.2, 0) is 0 Å². The Labute approximate surface area is 94.0 Å². The number of H-pyrrole nitrogens is 1. The number of aromatic amines is 1. The van der Waals surface area contributed by atoms with Crippen molar-refractivity contribution in [3.8, 4) is 11.1 Å². The molecule has 0 radical (unpaired) electrons.